The van der Waals surface area contributed by atoms with Gasteiger partial charge in [-0.2, -0.15) is 10.5 Å². The number of rotatable bonds is 3. The lowest BCUT2D eigenvalue weighted by Gasteiger charge is -2.13. The molecule has 2 aromatic rings. The predicted molar refractivity (Wildman–Crippen MR) is 84.6 cm³/mol. The van der Waals surface area contributed by atoms with Crippen molar-refractivity contribution in [2.45, 2.75) is 11.8 Å². The quantitative estimate of drug-likeness (QED) is 0.624. The summed E-state index contributed by atoms with van der Waals surface area (Å²) in [5, 5.41) is 29.2. The highest BCUT2D eigenvalue weighted by Crippen LogP contribution is 2.35. The third-order valence-corrected chi connectivity index (χ3v) is 4.48. The highest BCUT2D eigenvalue weighted by molar-refractivity contribution is 7.90. The minimum Gasteiger partial charge on any atom is -0.258 e. The zero-order valence-electron chi connectivity index (χ0n) is 12.7. The molecule has 0 saturated carbocycles. The van der Waals surface area contributed by atoms with Crippen LogP contribution in [-0.4, -0.2) is 19.6 Å². The van der Waals surface area contributed by atoms with Gasteiger partial charge in [-0.15, -0.1) is 0 Å². The summed E-state index contributed by atoms with van der Waals surface area (Å²) >= 11 is 0. The Labute approximate surface area is 138 Å². The van der Waals surface area contributed by atoms with Crippen LogP contribution in [0.3, 0.4) is 0 Å². The first-order valence-corrected chi connectivity index (χ1v) is 8.44. The van der Waals surface area contributed by atoms with Gasteiger partial charge in [-0.25, -0.2) is 8.42 Å². The topological polar surface area (TPSA) is 125 Å². The highest BCUT2D eigenvalue weighted by Gasteiger charge is 2.22. The van der Waals surface area contributed by atoms with Crippen LogP contribution in [0.15, 0.2) is 29.2 Å². The summed E-state index contributed by atoms with van der Waals surface area (Å²) in [6.07, 6.45) is 0.935. The Morgan fingerprint density at radius 3 is 2.38 bits per heavy atom. The van der Waals surface area contributed by atoms with Crippen molar-refractivity contribution >= 4 is 15.5 Å². The molecule has 0 saturated heterocycles. The van der Waals surface area contributed by atoms with Gasteiger partial charge in [0.25, 0.3) is 5.69 Å². The van der Waals surface area contributed by atoms with Crippen molar-refractivity contribution in [2.75, 3.05) is 6.26 Å². The van der Waals surface area contributed by atoms with Crippen LogP contribution in [0.5, 0.6) is 0 Å². The normalized spacial score (nSPS) is 10.7. The van der Waals surface area contributed by atoms with E-state index in [4.69, 9.17) is 5.26 Å². The van der Waals surface area contributed by atoms with Gasteiger partial charge in [0, 0.05) is 35.6 Å². The molecule has 0 N–H and O–H groups in total. The second-order valence-corrected chi connectivity index (χ2v) is 7.03. The Bertz CT molecular complexity index is 1040. The van der Waals surface area contributed by atoms with Crippen LogP contribution in [0.2, 0.25) is 0 Å². The third kappa shape index (κ3) is 3.09. The summed E-state index contributed by atoms with van der Waals surface area (Å²) in [5.41, 5.74) is 0.735. The molecule has 0 heterocycles. The van der Waals surface area contributed by atoms with Gasteiger partial charge in [-0.1, -0.05) is 0 Å². The van der Waals surface area contributed by atoms with Crippen LogP contribution in [0.1, 0.15) is 16.7 Å². The number of hydrogen-bond acceptors (Lipinski definition) is 6. The fourth-order valence-corrected chi connectivity index (χ4v) is 3.25. The number of nitriles is 2. The van der Waals surface area contributed by atoms with E-state index in [0.717, 1.165) is 12.3 Å². The van der Waals surface area contributed by atoms with E-state index in [1.54, 1.807) is 6.92 Å². The summed E-state index contributed by atoms with van der Waals surface area (Å²) in [6, 6.07) is 11.3. The standard InChI is InChI=1S/C16H10N3O4S/c1-10-5-11(8-17)6-12(9-18)16(10)14-4-3-13(19(20)21)7-15(14)24(2,22)23/h3-5,7H,1-2H3. The van der Waals surface area contributed by atoms with Crippen LogP contribution in [0.25, 0.3) is 11.1 Å². The predicted octanol–water partition coefficient (Wildman–Crippen LogP) is 2.52. The molecular weight excluding hydrogens is 330 g/mol. The lowest BCUT2D eigenvalue weighted by Crippen LogP contribution is -2.03. The minimum atomic E-state index is -3.79. The molecule has 0 amide bonds. The minimum absolute atomic E-state index is 0.00491. The number of nitro benzene ring substituents is 1. The maximum absolute atomic E-state index is 12.1. The van der Waals surface area contributed by atoms with Gasteiger partial charge in [0.1, 0.15) is 6.07 Å². The summed E-state index contributed by atoms with van der Waals surface area (Å²) in [4.78, 5) is 9.97. The second kappa shape index (κ2) is 6.11. The molecule has 119 valence electrons. The number of nitrogens with zero attached hydrogens (tertiary/aromatic N) is 3. The molecule has 0 fully saturated rings. The molecule has 0 aromatic heterocycles. The summed E-state index contributed by atoms with van der Waals surface area (Å²) in [5.74, 6) is 0. The summed E-state index contributed by atoms with van der Waals surface area (Å²) in [7, 11) is -3.79. The lowest BCUT2D eigenvalue weighted by molar-refractivity contribution is -0.385. The Morgan fingerprint density at radius 1 is 1.21 bits per heavy atom. The Balaban J connectivity index is 2.91. The molecule has 0 aliphatic heterocycles. The molecule has 24 heavy (non-hydrogen) atoms. The molecule has 0 bridgehead atoms. The average Bonchev–Trinajstić information content (AvgIpc) is 2.52. The van der Waals surface area contributed by atoms with Crippen molar-refractivity contribution in [2.24, 2.45) is 0 Å². The van der Waals surface area contributed by atoms with Gasteiger partial charge in [-0.3, -0.25) is 10.1 Å². The molecule has 0 atom stereocenters. The number of nitro groups is 1. The van der Waals surface area contributed by atoms with Gasteiger partial charge in [-0.05, 0) is 24.6 Å². The van der Waals surface area contributed by atoms with E-state index in [1.807, 2.05) is 12.1 Å². The van der Waals surface area contributed by atoms with Gasteiger partial charge in [0.2, 0.25) is 0 Å². The monoisotopic (exact) mass is 340 g/mol. The molecule has 8 heteroatoms. The number of sulfone groups is 1. The highest BCUT2D eigenvalue weighted by atomic mass is 32.2. The van der Waals surface area contributed by atoms with E-state index in [0.29, 0.717) is 5.56 Å². The number of benzene rings is 2. The molecule has 1 radical (unpaired) electrons. The van der Waals surface area contributed by atoms with E-state index in [9.17, 15) is 23.8 Å². The first-order valence-electron chi connectivity index (χ1n) is 6.55. The summed E-state index contributed by atoms with van der Waals surface area (Å²) in [6.45, 7) is 1.62. The molecule has 0 aliphatic rings. The number of aryl methyl sites for hydroxylation is 1. The first kappa shape index (κ1) is 17.1. The van der Waals surface area contributed by atoms with Gasteiger partial charge < -0.3 is 0 Å². The smallest absolute Gasteiger partial charge is 0.258 e. The molecule has 2 aromatic carbocycles. The van der Waals surface area contributed by atoms with E-state index in [1.165, 1.54) is 18.2 Å². The van der Waals surface area contributed by atoms with Crippen molar-refractivity contribution in [3.05, 3.63) is 57.1 Å². The zero-order valence-corrected chi connectivity index (χ0v) is 13.5. The molecular formula is C16H10N3O4S. The molecule has 2 rings (SSSR count). The maximum Gasteiger partial charge on any atom is 0.270 e. The molecule has 0 unspecified atom stereocenters. The molecule has 7 nitrogen and oxygen atoms in total. The van der Waals surface area contributed by atoms with Gasteiger partial charge in [0.05, 0.1) is 27.0 Å². The van der Waals surface area contributed by atoms with Gasteiger partial charge in [0.15, 0.2) is 9.84 Å². The summed E-state index contributed by atoms with van der Waals surface area (Å²) < 4.78 is 24.1. The molecule has 0 spiro atoms. The SMILES string of the molecule is Cc1cc(C#N)[c]c(C#N)c1-c1ccc([N+](=O)[O-])cc1S(C)(=O)=O. The Hall–Kier alpha value is -3.23. The van der Waals surface area contributed by atoms with Crippen molar-refractivity contribution in [1.82, 2.24) is 0 Å². The molecule has 0 aliphatic carbocycles. The van der Waals surface area contributed by atoms with Crippen LogP contribution < -0.4 is 0 Å². The van der Waals surface area contributed by atoms with Crippen molar-refractivity contribution in [3.63, 3.8) is 0 Å². The van der Waals surface area contributed by atoms with Crippen LogP contribution in [-0.2, 0) is 9.84 Å². The van der Waals surface area contributed by atoms with E-state index in [-0.39, 0.29) is 32.8 Å². The van der Waals surface area contributed by atoms with Crippen LogP contribution >= 0.6 is 0 Å². The van der Waals surface area contributed by atoms with E-state index >= 15 is 0 Å². The first-order chi connectivity index (χ1) is 11.2. The fourth-order valence-electron chi connectivity index (χ4n) is 2.35. The van der Waals surface area contributed by atoms with Crippen LogP contribution in [0.4, 0.5) is 5.69 Å². The van der Waals surface area contributed by atoms with Crippen LogP contribution in [0, 0.1) is 45.8 Å². The fraction of sp³-hybridized carbons (Fsp3) is 0.125. The largest absolute Gasteiger partial charge is 0.270 e. The number of hydrogen-bond donors (Lipinski definition) is 0. The van der Waals surface area contributed by atoms with Crippen molar-refractivity contribution in [3.8, 4) is 23.3 Å². The average molecular weight is 340 g/mol. The van der Waals surface area contributed by atoms with Gasteiger partial charge >= 0.3 is 0 Å². The third-order valence-electron chi connectivity index (χ3n) is 3.34. The van der Waals surface area contributed by atoms with E-state index < -0.39 is 14.8 Å². The Kier molecular flexibility index (Phi) is 4.36. The van der Waals surface area contributed by atoms with E-state index in [2.05, 4.69) is 6.07 Å². The maximum atomic E-state index is 12.1. The van der Waals surface area contributed by atoms with Crippen molar-refractivity contribution < 1.29 is 13.3 Å². The van der Waals surface area contributed by atoms with Crippen molar-refractivity contribution in [1.29, 1.82) is 10.5 Å². The Morgan fingerprint density at radius 2 is 1.88 bits per heavy atom. The number of non-ortho nitro benzene ring substituents is 1. The zero-order chi connectivity index (χ0) is 18.1. The lowest BCUT2D eigenvalue weighted by atomic mass is 9.93. The second-order valence-electron chi connectivity index (χ2n) is 5.05.